The quantitative estimate of drug-likeness (QED) is 0.752. The lowest BCUT2D eigenvalue weighted by atomic mass is 9.61. The maximum Gasteiger partial charge on any atom is 0.235 e. The Kier molecular flexibility index (Phi) is 3.95. The van der Waals surface area contributed by atoms with E-state index in [-0.39, 0.29) is 5.91 Å². The molecular formula is C14H24N2OS. The summed E-state index contributed by atoms with van der Waals surface area (Å²) < 4.78 is 0. The number of carbonyl (C=O) groups excluding carboxylic acids is 1. The Morgan fingerprint density at radius 3 is 2.44 bits per heavy atom. The summed E-state index contributed by atoms with van der Waals surface area (Å²) >= 11 is 5.17. The predicted molar refractivity (Wildman–Crippen MR) is 77.2 cm³/mol. The molecule has 1 amide bonds. The Hall–Kier alpha value is -0.640. The first-order chi connectivity index (χ1) is 8.49. The minimum absolute atomic E-state index is 0.196. The molecule has 18 heavy (non-hydrogen) atoms. The summed E-state index contributed by atoms with van der Waals surface area (Å²) in [6.45, 7) is 6.03. The van der Waals surface area contributed by atoms with E-state index >= 15 is 0 Å². The maximum absolute atomic E-state index is 12.7. The molecule has 0 spiro atoms. The van der Waals surface area contributed by atoms with E-state index in [9.17, 15) is 4.79 Å². The van der Waals surface area contributed by atoms with Gasteiger partial charge in [-0.25, -0.2) is 0 Å². The molecule has 0 unspecified atom stereocenters. The van der Waals surface area contributed by atoms with Crippen LogP contribution in [0.25, 0.3) is 0 Å². The molecule has 2 rings (SSSR count). The van der Waals surface area contributed by atoms with Gasteiger partial charge in [-0.1, -0.05) is 26.1 Å². The first-order valence-electron chi connectivity index (χ1n) is 7.09. The monoisotopic (exact) mass is 268 g/mol. The molecule has 0 radical (unpaired) electrons. The second-order valence-electron chi connectivity index (χ2n) is 6.15. The van der Waals surface area contributed by atoms with Crippen LogP contribution in [0.5, 0.6) is 0 Å². The van der Waals surface area contributed by atoms with Gasteiger partial charge in [-0.15, -0.1) is 0 Å². The SMILES string of the molecule is CCCN(CC1CC1)C(=O)C1(C(N)=S)CC(C)C1. The highest BCUT2D eigenvalue weighted by atomic mass is 32.1. The fourth-order valence-corrected chi connectivity index (χ4v) is 3.33. The summed E-state index contributed by atoms with van der Waals surface area (Å²) in [7, 11) is 0. The topological polar surface area (TPSA) is 46.3 Å². The van der Waals surface area contributed by atoms with Gasteiger partial charge in [0.1, 0.15) is 0 Å². The molecule has 2 aliphatic rings. The van der Waals surface area contributed by atoms with Gasteiger partial charge in [0.05, 0.1) is 10.4 Å². The molecule has 3 nitrogen and oxygen atoms in total. The van der Waals surface area contributed by atoms with Gasteiger partial charge < -0.3 is 10.6 Å². The third kappa shape index (κ3) is 2.53. The van der Waals surface area contributed by atoms with Gasteiger partial charge >= 0.3 is 0 Å². The Balaban J connectivity index is 2.07. The lowest BCUT2D eigenvalue weighted by Gasteiger charge is -2.46. The number of nitrogens with zero attached hydrogens (tertiary/aromatic N) is 1. The Bertz CT molecular complexity index is 346. The Morgan fingerprint density at radius 2 is 2.06 bits per heavy atom. The minimum atomic E-state index is -0.515. The van der Waals surface area contributed by atoms with Crippen molar-refractivity contribution in [2.24, 2.45) is 23.0 Å². The van der Waals surface area contributed by atoms with Crippen molar-refractivity contribution in [2.45, 2.75) is 46.0 Å². The van der Waals surface area contributed by atoms with Crippen LogP contribution < -0.4 is 5.73 Å². The number of rotatable bonds is 6. The molecule has 2 saturated carbocycles. The Labute approximate surface area is 115 Å². The first kappa shape index (κ1) is 13.8. The van der Waals surface area contributed by atoms with Crippen LogP contribution in [0.15, 0.2) is 0 Å². The van der Waals surface area contributed by atoms with Crippen molar-refractivity contribution in [3.05, 3.63) is 0 Å². The van der Waals surface area contributed by atoms with Crippen LogP contribution in [0.1, 0.15) is 46.0 Å². The molecule has 4 heteroatoms. The van der Waals surface area contributed by atoms with Crippen molar-refractivity contribution >= 4 is 23.1 Å². The summed E-state index contributed by atoms with van der Waals surface area (Å²) in [5.74, 6) is 1.49. The van der Waals surface area contributed by atoms with Gasteiger partial charge in [-0.2, -0.15) is 0 Å². The first-order valence-corrected chi connectivity index (χ1v) is 7.49. The lowest BCUT2D eigenvalue weighted by Crippen LogP contribution is -2.57. The molecule has 2 aliphatic carbocycles. The zero-order valence-electron chi connectivity index (χ0n) is 11.4. The van der Waals surface area contributed by atoms with Crippen LogP contribution in [0.2, 0.25) is 0 Å². The molecule has 0 saturated heterocycles. The number of amides is 1. The summed E-state index contributed by atoms with van der Waals surface area (Å²) in [6, 6.07) is 0. The van der Waals surface area contributed by atoms with Gasteiger partial charge in [0, 0.05) is 13.1 Å². The van der Waals surface area contributed by atoms with Crippen LogP contribution in [-0.4, -0.2) is 28.9 Å². The van der Waals surface area contributed by atoms with Crippen LogP contribution >= 0.6 is 12.2 Å². The van der Waals surface area contributed by atoms with Crippen molar-refractivity contribution in [1.29, 1.82) is 0 Å². The van der Waals surface area contributed by atoms with Crippen molar-refractivity contribution < 1.29 is 4.79 Å². The number of thiocarbonyl (C=S) groups is 1. The normalized spacial score (nSPS) is 30.7. The molecule has 102 valence electrons. The Morgan fingerprint density at radius 1 is 1.44 bits per heavy atom. The average Bonchev–Trinajstić information content (AvgIpc) is 3.06. The van der Waals surface area contributed by atoms with Gasteiger partial charge in [0.25, 0.3) is 0 Å². The number of hydrogen-bond donors (Lipinski definition) is 1. The van der Waals surface area contributed by atoms with E-state index < -0.39 is 5.41 Å². The molecule has 0 aromatic heterocycles. The lowest BCUT2D eigenvalue weighted by molar-refractivity contribution is -0.144. The second-order valence-corrected chi connectivity index (χ2v) is 6.59. The van der Waals surface area contributed by atoms with E-state index in [2.05, 4.69) is 13.8 Å². The van der Waals surface area contributed by atoms with Gasteiger partial charge in [0.2, 0.25) is 5.91 Å². The molecule has 2 fully saturated rings. The molecule has 0 aromatic carbocycles. The molecule has 0 atom stereocenters. The summed E-state index contributed by atoms with van der Waals surface area (Å²) in [6.07, 6.45) is 5.22. The maximum atomic E-state index is 12.7. The van der Waals surface area contributed by atoms with E-state index in [1.165, 1.54) is 12.8 Å². The highest BCUT2D eigenvalue weighted by Crippen LogP contribution is 2.47. The minimum Gasteiger partial charge on any atom is -0.392 e. The highest BCUT2D eigenvalue weighted by molar-refractivity contribution is 7.80. The molecule has 0 heterocycles. The van der Waals surface area contributed by atoms with Crippen LogP contribution in [0.4, 0.5) is 0 Å². The molecular weight excluding hydrogens is 244 g/mol. The largest absolute Gasteiger partial charge is 0.392 e. The van der Waals surface area contributed by atoms with Crippen molar-refractivity contribution in [1.82, 2.24) is 4.90 Å². The summed E-state index contributed by atoms with van der Waals surface area (Å²) in [5.41, 5.74) is 5.35. The third-order valence-electron chi connectivity index (χ3n) is 4.23. The molecule has 0 aliphatic heterocycles. The van der Waals surface area contributed by atoms with Crippen LogP contribution in [0, 0.1) is 17.3 Å². The zero-order valence-corrected chi connectivity index (χ0v) is 12.3. The smallest absolute Gasteiger partial charge is 0.235 e. The van der Waals surface area contributed by atoms with E-state index in [0.29, 0.717) is 10.9 Å². The molecule has 2 N–H and O–H groups in total. The fraction of sp³-hybridized carbons (Fsp3) is 0.857. The third-order valence-corrected chi connectivity index (χ3v) is 4.62. The van der Waals surface area contributed by atoms with Gasteiger partial charge in [-0.05, 0) is 43.9 Å². The summed E-state index contributed by atoms with van der Waals surface area (Å²) in [5, 5.41) is 0. The fourth-order valence-electron chi connectivity index (χ4n) is 3.07. The van der Waals surface area contributed by atoms with Crippen LogP contribution in [0.3, 0.4) is 0 Å². The van der Waals surface area contributed by atoms with Crippen molar-refractivity contribution in [3.63, 3.8) is 0 Å². The molecule has 0 bridgehead atoms. The predicted octanol–water partition coefficient (Wildman–Crippen LogP) is 2.34. The average molecular weight is 268 g/mol. The van der Waals surface area contributed by atoms with Gasteiger partial charge in [0.15, 0.2) is 0 Å². The van der Waals surface area contributed by atoms with E-state index in [1.807, 2.05) is 4.90 Å². The van der Waals surface area contributed by atoms with E-state index in [4.69, 9.17) is 18.0 Å². The zero-order chi connectivity index (χ0) is 13.3. The van der Waals surface area contributed by atoms with Crippen molar-refractivity contribution in [3.8, 4) is 0 Å². The standard InChI is InChI=1S/C14H24N2OS/c1-3-6-16(9-11-4-5-11)13(17)14(12(15)18)7-10(2)8-14/h10-11H,3-9H2,1-2H3,(H2,15,18). The second kappa shape index (κ2) is 5.16. The van der Waals surface area contributed by atoms with E-state index in [0.717, 1.165) is 38.3 Å². The van der Waals surface area contributed by atoms with Crippen molar-refractivity contribution in [2.75, 3.05) is 13.1 Å². The number of nitrogens with two attached hydrogens (primary N) is 1. The molecule has 0 aromatic rings. The number of hydrogen-bond acceptors (Lipinski definition) is 2. The van der Waals surface area contributed by atoms with Gasteiger partial charge in [-0.3, -0.25) is 4.79 Å². The van der Waals surface area contributed by atoms with Crippen LogP contribution in [-0.2, 0) is 4.79 Å². The van der Waals surface area contributed by atoms with E-state index in [1.54, 1.807) is 0 Å². The highest BCUT2D eigenvalue weighted by Gasteiger charge is 2.52. The number of carbonyl (C=O) groups is 1. The summed E-state index contributed by atoms with van der Waals surface area (Å²) in [4.78, 5) is 15.2.